The van der Waals surface area contributed by atoms with Crippen molar-refractivity contribution in [2.24, 2.45) is 12.8 Å². The molecule has 0 saturated heterocycles. The van der Waals surface area contributed by atoms with Crippen LogP contribution in [-0.2, 0) is 16.6 Å². The van der Waals surface area contributed by atoms with Crippen LogP contribution in [0.5, 0.6) is 5.75 Å². The Hall–Kier alpha value is -3.71. The van der Waals surface area contributed by atoms with Gasteiger partial charge < -0.3 is 25.1 Å². The number of carbonyl (C=O) groups is 2. The molecule has 4 rings (SSSR count). The number of fused-ring (bicyclic) bond motifs is 2. The highest BCUT2D eigenvalue weighted by atomic mass is 32.1. The van der Waals surface area contributed by atoms with E-state index in [1.54, 1.807) is 29.8 Å². The number of ketones is 1. The number of amides is 1. The Kier molecular flexibility index (Phi) is 6.89. The lowest BCUT2D eigenvalue weighted by molar-refractivity contribution is -0.274. The number of hydrogen-bond donors (Lipinski definition) is 2. The molecule has 0 fully saturated rings. The monoisotopic (exact) mass is 507 g/mol. The highest BCUT2D eigenvalue weighted by Crippen LogP contribution is 2.33. The number of thiazole rings is 1. The second-order valence-electron chi connectivity index (χ2n) is 7.56. The van der Waals surface area contributed by atoms with Crippen LogP contribution in [0.4, 0.5) is 24.3 Å². The fourth-order valence-corrected chi connectivity index (χ4v) is 4.28. The Labute approximate surface area is 200 Å². The summed E-state index contributed by atoms with van der Waals surface area (Å²) >= 11 is 1.16. The SMILES string of the molecule is Cn1c(Nc2nc3ccc(OC(F)(F)F)cc3s2)nc2cc(C(=O)CCCOCC(N)=O)ccc21. The van der Waals surface area contributed by atoms with Gasteiger partial charge in [0, 0.05) is 31.7 Å². The standard InChI is InChI=1S/C22H20F3N5O4S/c1-30-16-7-4-12(17(31)3-2-8-33-11-19(26)32)9-15(16)27-20(30)29-21-28-14-6-5-13(10-18(14)35-21)34-22(23,24)25/h4-7,9-10H,2-3,8,11H2,1H3,(H2,26,32)(H,27,28,29). The van der Waals surface area contributed by atoms with Crippen LogP contribution in [0.1, 0.15) is 23.2 Å². The van der Waals surface area contributed by atoms with Gasteiger partial charge in [-0.05, 0) is 36.8 Å². The summed E-state index contributed by atoms with van der Waals surface area (Å²) in [6, 6.07) is 9.11. The zero-order chi connectivity index (χ0) is 25.2. The van der Waals surface area contributed by atoms with Crippen LogP contribution in [0.3, 0.4) is 0 Å². The molecule has 0 aliphatic carbocycles. The van der Waals surface area contributed by atoms with E-state index in [1.165, 1.54) is 18.2 Å². The number of nitrogens with one attached hydrogen (secondary N) is 1. The summed E-state index contributed by atoms with van der Waals surface area (Å²) in [6.45, 7) is 0.0710. The predicted molar refractivity (Wildman–Crippen MR) is 124 cm³/mol. The quantitative estimate of drug-likeness (QED) is 0.243. The Morgan fingerprint density at radius 2 is 1.94 bits per heavy atom. The van der Waals surface area contributed by atoms with Crippen molar-refractivity contribution in [2.45, 2.75) is 19.2 Å². The van der Waals surface area contributed by atoms with Gasteiger partial charge >= 0.3 is 6.36 Å². The van der Waals surface area contributed by atoms with E-state index in [9.17, 15) is 22.8 Å². The second kappa shape index (κ2) is 9.88. The number of halogens is 3. The van der Waals surface area contributed by atoms with Crippen LogP contribution >= 0.6 is 11.3 Å². The smallest absolute Gasteiger partial charge is 0.406 e. The number of ether oxygens (including phenoxy) is 2. The topological polar surface area (TPSA) is 121 Å². The number of aryl methyl sites for hydroxylation is 1. The molecule has 0 atom stereocenters. The fourth-order valence-electron chi connectivity index (χ4n) is 3.39. The van der Waals surface area contributed by atoms with Crippen molar-refractivity contribution in [1.82, 2.24) is 14.5 Å². The summed E-state index contributed by atoms with van der Waals surface area (Å²) in [5.41, 5.74) is 7.37. The first-order valence-corrected chi connectivity index (χ1v) is 11.2. The summed E-state index contributed by atoms with van der Waals surface area (Å²) < 4.78 is 48.8. The number of hydrogen-bond acceptors (Lipinski definition) is 8. The van der Waals surface area contributed by atoms with Crippen molar-refractivity contribution in [1.29, 1.82) is 0 Å². The molecule has 0 saturated carbocycles. The zero-order valence-electron chi connectivity index (χ0n) is 18.4. The minimum absolute atomic E-state index is 0.0854. The molecule has 0 aliphatic rings. The van der Waals surface area contributed by atoms with E-state index in [-0.39, 0.29) is 31.2 Å². The molecule has 4 aromatic rings. The van der Waals surface area contributed by atoms with Crippen molar-refractivity contribution in [3.63, 3.8) is 0 Å². The third kappa shape index (κ3) is 6.05. The van der Waals surface area contributed by atoms with Gasteiger partial charge in [0.25, 0.3) is 0 Å². The molecule has 2 heterocycles. The van der Waals surface area contributed by atoms with E-state index < -0.39 is 12.3 Å². The van der Waals surface area contributed by atoms with Crippen molar-refractivity contribution in [2.75, 3.05) is 18.5 Å². The van der Waals surface area contributed by atoms with E-state index in [2.05, 4.69) is 20.0 Å². The molecule has 0 spiro atoms. The number of nitrogens with two attached hydrogens (primary N) is 1. The summed E-state index contributed by atoms with van der Waals surface area (Å²) in [5.74, 6) is -0.514. The average Bonchev–Trinajstić information content (AvgIpc) is 3.31. The van der Waals surface area contributed by atoms with Gasteiger partial charge in [0.15, 0.2) is 10.9 Å². The maximum Gasteiger partial charge on any atom is 0.573 e. The molecule has 0 aliphatic heterocycles. The number of Topliss-reactive ketones (excluding diaryl/α,β-unsaturated/α-hetero) is 1. The minimum Gasteiger partial charge on any atom is -0.406 e. The van der Waals surface area contributed by atoms with Crippen LogP contribution in [0, 0.1) is 0 Å². The van der Waals surface area contributed by atoms with Crippen molar-refractivity contribution in [3.8, 4) is 5.75 Å². The van der Waals surface area contributed by atoms with E-state index in [4.69, 9.17) is 10.5 Å². The molecule has 3 N–H and O–H groups in total. The zero-order valence-corrected chi connectivity index (χ0v) is 19.2. The molecule has 35 heavy (non-hydrogen) atoms. The summed E-state index contributed by atoms with van der Waals surface area (Å²) in [4.78, 5) is 32.1. The lowest BCUT2D eigenvalue weighted by atomic mass is 10.1. The van der Waals surface area contributed by atoms with Crippen molar-refractivity contribution in [3.05, 3.63) is 42.0 Å². The third-order valence-corrected chi connectivity index (χ3v) is 5.89. The van der Waals surface area contributed by atoms with Gasteiger partial charge in [-0.25, -0.2) is 9.97 Å². The molecular formula is C22H20F3N5O4S. The second-order valence-corrected chi connectivity index (χ2v) is 8.60. The Balaban J connectivity index is 1.47. The van der Waals surface area contributed by atoms with Gasteiger partial charge in [-0.2, -0.15) is 0 Å². The summed E-state index contributed by atoms with van der Waals surface area (Å²) in [7, 11) is 1.79. The predicted octanol–water partition coefficient (Wildman–Crippen LogP) is 4.29. The first-order chi connectivity index (χ1) is 16.6. The van der Waals surface area contributed by atoms with Crippen LogP contribution in [-0.4, -0.2) is 45.8 Å². The number of alkyl halides is 3. The fraction of sp³-hybridized carbons (Fsp3) is 0.273. The summed E-state index contributed by atoms with van der Waals surface area (Å²) in [5, 5.41) is 3.52. The lowest BCUT2D eigenvalue weighted by Gasteiger charge is -2.07. The first-order valence-electron chi connectivity index (χ1n) is 10.4. The average molecular weight is 507 g/mol. The van der Waals surface area contributed by atoms with Gasteiger partial charge in [-0.1, -0.05) is 11.3 Å². The molecule has 0 unspecified atom stereocenters. The molecule has 184 valence electrons. The van der Waals surface area contributed by atoms with Crippen molar-refractivity contribution >= 4 is 55.4 Å². The van der Waals surface area contributed by atoms with E-state index in [0.717, 1.165) is 16.9 Å². The van der Waals surface area contributed by atoms with E-state index in [0.29, 0.717) is 38.8 Å². The Morgan fingerprint density at radius 3 is 2.69 bits per heavy atom. The normalized spacial score (nSPS) is 11.8. The van der Waals surface area contributed by atoms with Crippen LogP contribution < -0.4 is 15.8 Å². The van der Waals surface area contributed by atoms with E-state index in [1.807, 2.05) is 0 Å². The van der Waals surface area contributed by atoms with Gasteiger partial charge in [0.1, 0.15) is 12.4 Å². The Morgan fingerprint density at radius 1 is 1.14 bits per heavy atom. The molecule has 1 amide bonds. The highest BCUT2D eigenvalue weighted by molar-refractivity contribution is 7.22. The van der Waals surface area contributed by atoms with Crippen LogP contribution in [0.2, 0.25) is 0 Å². The maximum atomic E-state index is 12.5. The molecule has 2 aromatic heterocycles. The molecular weight excluding hydrogens is 487 g/mol. The highest BCUT2D eigenvalue weighted by Gasteiger charge is 2.31. The maximum absolute atomic E-state index is 12.5. The number of rotatable bonds is 10. The molecule has 13 heteroatoms. The Bertz CT molecular complexity index is 1400. The number of carbonyl (C=O) groups excluding carboxylic acids is 2. The number of imidazole rings is 1. The summed E-state index contributed by atoms with van der Waals surface area (Å²) in [6.07, 6.45) is -4.08. The largest absolute Gasteiger partial charge is 0.573 e. The number of benzene rings is 2. The number of primary amides is 1. The van der Waals surface area contributed by atoms with Crippen LogP contribution in [0.15, 0.2) is 36.4 Å². The first kappa shape index (κ1) is 24.4. The number of aromatic nitrogens is 3. The molecule has 2 aromatic carbocycles. The van der Waals surface area contributed by atoms with Gasteiger partial charge in [0.2, 0.25) is 11.9 Å². The third-order valence-electron chi connectivity index (χ3n) is 4.95. The lowest BCUT2D eigenvalue weighted by Crippen LogP contribution is -2.18. The molecule has 0 radical (unpaired) electrons. The number of anilines is 2. The van der Waals surface area contributed by atoms with Crippen LogP contribution in [0.25, 0.3) is 21.3 Å². The number of nitrogens with zero attached hydrogens (tertiary/aromatic N) is 3. The van der Waals surface area contributed by atoms with Gasteiger partial charge in [-0.15, -0.1) is 13.2 Å². The van der Waals surface area contributed by atoms with Gasteiger partial charge in [0.05, 0.1) is 21.3 Å². The molecule has 9 nitrogen and oxygen atoms in total. The van der Waals surface area contributed by atoms with Gasteiger partial charge in [-0.3, -0.25) is 9.59 Å². The van der Waals surface area contributed by atoms with Crippen molar-refractivity contribution < 1.29 is 32.2 Å². The molecule has 0 bridgehead atoms. The van der Waals surface area contributed by atoms with E-state index >= 15 is 0 Å². The minimum atomic E-state index is -4.77.